The van der Waals surface area contributed by atoms with Crippen LogP contribution in [0.15, 0.2) is 91.0 Å². The van der Waals surface area contributed by atoms with Gasteiger partial charge in [-0.05, 0) is 35.4 Å². The van der Waals surface area contributed by atoms with Crippen molar-refractivity contribution in [1.29, 1.82) is 0 Å². The summed E-state index contributed by atoms with van der Waals surface area (Å²) < 4.78 is 36.1. The lowest BCUT2D eigenvalue weighted by Crippen LogP contribution is -2.33. The summed E-state index contributed by atoms with van der Waals surface area (Å²) in [6.45, 7) is 1.28. The van der Waals surface area contributed by atoms with E-state index in [1.165, 1.54) is 33.3 Å². The monoisotopic (exact) mass is 588 g/mol. The van der Waals surface area contributed by atoms with E-state index in [1.54, 1.807) is 36.4 Å². The van der Waals surface area contributed by atoms with Crippen LogP contribution in [0.2, 0.25) is 0 Å². The van der Waals surface area contributed by atoms with Crippen molar-refractivity contribution >= 4 is 56.9 Å². The third kappa shape index (κ3) is 6.93. The number of hydrogen-bond acceptors (Lipinski definition) is 8. The lowest BCUT2D eigenvalue weighted by atomic mass is 10.0. The van der Waals surface area contributed by atoms with Crippen LogP contribution in [0.1, 0.15) is 24.1 Å². The Balaban J connectivity index is 1.71. The number of nitrogens with one attached hydrogen (secondary N) is 2. The van der Waals surface area contributed by atoms with Gasteiger partial charge >= 0.3 is 11.9 Å². The zero-order valence-electron chi connectivity index (χ0n) is 23.2. The predicted octanol–water partition coefficient (Wildman–Crippen LogP) is 4.32. The molecule has 42 heavy (non-hydrogen) atoms. The van der Waals surface area contributed by atoms with Gasteiger partial charge in [0.1, 0.15) is 6.04 Å². The molecule has 10 nitrogen and oxygen atoms in total. The summed E-state index contributed by atoms with van der Waals surface area (Å²) in [5.74, 6) is -1.51. The molecule has 4 rings (SSSR count). The molecule has 1 amide bonds. The Morgan fingerprint density at radius 1 is 0.833 bits per heavy atom. The van der Waals surface area contributed by atoms with E-state index < -0.39 is 41.2 Å². The molecule has 4 aromatic carbocycles. The number of carbonyl (C=O) groups is 3. The number of benzene rings is 4. The van der Waals surface area contributed by atoms with Gasteiger partial charge in [0.2, 0.25) is 5.91 Å². The summed E-state index contributed by atoms with van der Waals surface area (Å²) in [6.07, 6.45) is 0.387. The summed E-state index contributed by atoms with van der Waals surface area (Å²) >= 11 is -2.72. The minimum atomic E-state index is -2.72. The zero-order chi connectivity index (χ0) is 30.2. The van der Waals surface area contributed by atoms with Crippen LogP contribution in [0.3, 0.4) is 0 Å². The van der Waals surface area contributed by atoms with Crippen LogP contribution < -0.4 is 14.9 Å². The highest BCUT2D eigenvalue weighted by Crippen LogP contribution is 2.37. The summed E-state index contributed by atoms with van der Waals surface area (Å²) in [5.41, 5.74) is 2.69. The Hall–Kier alpha value is -4.74. The standard InChI is InChI=1S/C31H31N3O7S/c1-20(35)32-29(31(37)41-3)22-13-15-23(16-14-22)34(42(38)39)28-18-17-26(24-11-7-8-12-25(24)28)33-27(30(36)40-2)19-21-9-5-4-6-10-21/h4-18,27,29,33H,19H2,1-3H3,(H,32,35)(H,38,39)/p-1/t27-,29?/m0/s1. The van der Waals surface area contributed by atoms with E-state index in [-0.39, 0.29) is 0 Å². The second-order valence-electron chi connectivity index (χ2n) is 9.35. The van der Waals surface area contributed by atoms with E-state index in [2.05, 4.69) is 10.6 Å². The quantitative estimate of drug-likeness (QED) is 0.195. The molecule has 0 heterocycles. The number of carbonyl (C=O) groups excluding carboxylic acids is 3. The van der Waals surface area contributed by atoms with Gasteiger partial charge in [-0.15, -0.1) is 0 Å². The number of ether oxygens (including phenoxy) is 2. The molecule has 0 aliphatic rings. The van der Waals surface area contributed by atoms with Gasteiger partial charge in [-0.3, -0.25) is 13.3 Å². The van der Waals surface area contributed by atoms with Gasteiger partial charge in [0.15, 0.2) is 6.04 Å². The van der Waals surface area contributed by atoms with Crippen LogP contribution in [0.5, 0.6) is 0 Å². The average Bonchev–Trinajstić information content (AvgIpc) is 3.00. The molecule has 218 valence electrons. The smallest absolute Gasteiger partial charge is 0.333 e. The van der Waals surface area contributed by atoms with Crippen LogP contribution in [-0.2, 0) is 41.5 Å². The van der Waals surface area contributed by atoms with Crippen molar-refractivity contribution in [3.63, 3.8) is 0 Å². The molecule has 11 heteroatoms. The van der Waals surface area contributed by atoms with Crippen LogP contribution in [-0.4, -0.2) is 46.9 Å². The highest BCUT2D eigenvalue weighted by Gasteiger charge is 2.24. The van der Waals surface area contributed by atoms with E-state index in [0.29, 0.717) is 39.8 Å². The number of amides is 1. The number of methoxy groups -OCH3 is 2. The molecular formula is C31H30N3O7S-. The second-order valence-corrected chi connectivity index (χ2v) is 10.1. The zero-order valence-corrected chi connectivity index (χ0v) is 24.1. The molecule has 2 N–H and O–H groups in total. The molecule has 0 fully saturated rings. The Kier molecular flexibility index (Phi) is 9.89. The van der Waals surface area contributed by atoms with Crippen LogP contribution in [0.25, 0.3) is 10.8 Å². The first-order valence-electron chi connectivity index (χ1n) is 13.0. The van der Waals surface area contributed by atoms with E-state index >= 15 is 0 Å². The van der Waals surface area contributed by atoms with E-state index in [9.17, 15) is 23.1 Å². The largest absolute Gasteiger partial charge is 0.755 e. The van der Waals surface area contributed by atoms with Gasteiger partial charge in [0.25, 0.3) is 0 Å². The third-order valence-electron chi connectivity index (χ3n) is 6.61. The number of anilines is 3. The summed E-state index contributed by atoms with van der Waals surface area (Å²) in [6, 6.07) is 24.6. The number of esters is 2. The normalized spacial score (nSPS) is 13.0. The fourth-order valence-corrected chi connectivity index (χ4v) is 5.28. The number of nitrogens with zero attached hydrogens (tertiary/aromatic N) is 1. The molecule has 4 aromatic rings. The predicted molar refractivity (Wildman–Crippen MR) is 160 cm³/mol. The van der Waals surface area contributed by atoms with Crippen molar-refractivity contribution in [2.45, 2.75) is 25.4 Å². The summed E-state index contributed by atoms with van der Waals surface area (Å²) in [4.78, 5) is 36.5. The maximum absolute atomic E-state index is 12.7. The van der Waals surface area contributed by atoms with Gasteiger partial charge < -0.3 is 24.7 Å². The van der Waals surface area contributed by atoms with Crippen molar-refractivity contribution in [3.8, 4) is 0 Å². The average molecular weight is 589 g/mol. The van der Waals surface area contributed by atoms with Gasteiger partial charge in [-0.2, -0.15) is 0 Å². The molecule has 0 aromatic heterocycles. The molecule has 0 bridgehead atoms. The third-order valence-corrected chi connectivity index (χ3v) is 7.32. The van der Waals surface area contributed by atoms with Crippen LogP contribution in [0.4, 0.5) is 17.1 Å². The fourth-order valence-electron chi connectivity index (χ4n) is 4.67. The fraction of sp³-hybridized carbons (Fsp3) is 0.194. The number of hydrogen-bond donors (Lipinski definition) is 2. The van der Waals surface area contributed by atoms with E-state index in [1.807, 2.05) is 42.5 Å². The van der Waals surface area contributed by atoms with Crippen LogP contribution in [0, 0.1) is 0 Å². The van der Waals surface area contributed by atoms with Gasteiger partial charge in [-0.25, -0.2) is 9.59 Å². The Morgan fingerprint density at radius 2 is 1.45 bits per heavy atom. The number of rotatable bonds is 11. The lowest BCUT2D eigenvalue weighted by molar-refractivity contribution is -0.145. The minimum Gasteiger partial charge on any atom is -0.755 e. The van der Waals surface area contributed by atoms with Gasteiger partial charge in [0, 0.05) is 29.8 Å². The Morgan fingerprint density at radius 3 is 2.05 bits per heavy atom. The van der Waals surface area contributed by atoms with E-state index in [0.717, 1.165) is 9.87 Å². The first kappa shape index (κ1) is 30.2. The van der Waals surface area contributed by atoms with Crippen molar-refractivity contribution in [2.24, 2.45) is 0 Å². The SMILES string of the molecule is COC(=O)C(NC(C)=O)c1ccc(N(c2ccc(N[C@@H](Cc3ccccc3)C(=O)OC)c3ccccc23)S(=O)[O-])cc1. The molecular weight excluding hydrogens is 558 g/mol. The first-order chi connectivity index (χ1) is 20.2. The molecule has 2 unspecified atom stereocenters. The van der Waals surface area contributed by atoms with Crippen molar-refractivity contribution in [3.05, 3.63) is 102 Å². The highest BCUT2D eigenvalue weighted by atomic mass is 32.2. The maximum atomic E-state index is 12.7. The topological polar surface area (TPSA) is 137 Å². The maximum Gasteiger partial charge on any atom is 0.333 e. The van der Waals surface area contributed by atoms with Gasteiger partial charge in [0.05, 0.1) is 36.9 Å². The van der Waals surface area contributed by atoms with Crippen molar-refractivity contribution in [1.82, 2.24) is 5.32 Å². The first-order valence-corrected chi connectivity index (χ1v) is 14.0. The highest BCUT2D eigenvalue weighted by molar-refractivity contribution is 7.81. The minimum absolute atomic E-state index is 0.306. The molecule has 0 aliphatic heterocycles. The molecule has 0 spiro atoms. The van der Waals surface area contributed by atoms with Crippen molar-refractivity contribution < 1.29 is 32.6 Å². The molecule has 0 radical (unpaired) electrons. The molecule has 0 saturated heterocycles. The molecule has 3 atom stereocenters. The Labute approximate surface area is 246 Å². The second kappa shape index (κ2) is 13.7. The molecule has 0 saturated carbocycles. The van der Waals surface area contributed by atoms with Gasteiger partial charge in [-0.1, -0.05) is 66.7 Å². The van der Waals surface area contributed by atoms with E-state index in [4.69, 9.17) is 9.47 Å². The Bertz CT molecular complexity index is 1600. The summed E-state index contributed by atoms with van der Waals surface area (Å²) in [5, 5.41) is 7.13. The summed E-state index contributed by atoms with van der Waals surface area (Å²) in [7, 11) is 2.55. The van der Waals surface area contributed by atoms with Crippen LogP contribution >= 0.6 is 0 Å². The van der Waals surface area contributed by atoms with Crippen molar-refractivity contribution in [2.75, 3.05) is 23.8 Å². The lowest BCUT2D eigenvalue weighted by Gasteiger charge is -2.29. The molecule has 0 aliphatic carbocycles. The number of fused-ring (bicyclic) bond motifs is 1.